The first-order valence-corrected chi connectivity index (χ1v) is 7.22. The standard InChI is InChI=1S/C13H26O9/c14-3-6-5(1-7(16)10(6)19)2-8(17)11(20)13(22)12(21)9(18)4-15/h5-22H,1-4H2/t5?,6-,7+,8+,9?,10+,11?,12?,13-/m0/s1. The van der Waals surface area contributed by atoms with Crippen LogP contribution in [0.2, 0.25) is 0 Å². The molecule has 132 valence electrons. The molecule has 0 aromatic rings. The van der Waals surface area contributed by atoms with Gasteiger partial charge in [-0.25, -0.2) is 0 Å². The van der Waals surface area contributed by atoms with Crippen LogP contribution < -0.4 is 0 Å². The summed E-state index contributed by atoms with van der Waals surface area (Å²) in [6.45, 7) is -1.23. The Balaban J connectivity index is 2.62. The van der Waals surface area contributed by atoms with Crippen molar-refractivity contribution in [1.82, 2.24) is 0 Å². The zero-order valence-electron chi connectivity index (χ0n) is 12.0. The molecule has 0 bridgehead atoms. The van der Waals surface area contributed by atoms with Crippen LogP contribution in [0.15, 0.2) is 0 Å². The summed E-state index contributed by atoms with van der Waals surface area (Å²) in [4.78, 5) is 0. The fourth-order valence-corrected chi connectivity index (χ4v) is 2.93. The number of aliphatic hydroxyl groups is 9. The monoisotopic (exact) mass is 326 g/mol. The molecule has 0 aliphatic heterocycles. The minimum Gasteiger partial charge on any atom is -0.396 e. The van der Waals surface area contributed by atoms with Crippen molar-refractivity contribution in [3.63, 3.8) is 0 Å². The molecule has 0 amide bonds. The topological polar surface area (TPSA) is 182 Å². The highest BCUT2D eigenvalue weighted by atomic mass is 16.4. The molecule has 0 aromatic heterocycles. The van der Waals surface area contributed by atoms with Crippen molar-refractivity contribution in [3.8, 4) is 0 Å². The minimum atomic E-state index is -1.89. The Labute approximate surface area is 127 Å². The van der Waals surface area contributed by atoms with Crippen LogP contribution in [-0.4, -0.2) is 102 Å². The van der Waals surface area contributed by atoms with Crippen molar-refractivity contribution in [2.45, 2.75) is 55.6 Å². The quantitative estimate of drug-likeness (QED) is 0.212. The van der Waals surface area contributed by atoms with Gasteiger partial charge in [0, 0.05) is 12.5 Å². The lowest BCUT2D eigenvalue weighted by Crippen LogP contribution is -2.50. The van der Waals surface area contributed by atoms with Gasteiger partial charge in [0.2, 0.25) is 0 Å². The van der Waals surface area contributed by atoms with Gasteiger partial charge in [-0.3, -0.25) is 0 Å². The molecular formula is C13H26O9. The van der Waals surface area contributed by atoms with Crippen LogP contribution in [0.4, 0.5) is 0 Å². The maximum Gasteiger partial charge on any atom is 0.111 e. The Kier molecular flexibility index (Phi) is 7.59. The number of aliphatic hydroxyl groups excluding tert-OH is 9. The van der Waals surface area contributed by atoms with Gasteiger partial charge in [-0.15, -0.1) is 0 Å². The molecule has 0 aromatic carbocycles. The van der Waals surface area contributed by atoms with Gasteiger partial charge in [-0.05, 0) is 18.8 Å². The lowest BCUT2D eigenvalue weighted by Gasteiger charge is -2.30. The molecule has 0 saturated heterocycles. The van der Waals surface area contributed by atoms with Crippen molar-refractivity contribution in [2.24, 2.45) is 11.8 Å². The van der Waals surface area contributed by atoms with Crippen LogP contribution in [0.1, 0.15) is 12.8 Å². The van der Waals surface area contributed by atoms with Crippen LogP contribution in [0.5, 0.6) is 0 Å². The lowest BCUT2D eigenvalue weighted by atomic mass is 9.87. The fourth-order valence-electron chi connectivity index (χ4n) is 2.93. The summed E-state index contributed by atoms with van der Waals surface area (Å²) >= 11 is 0. The maximum atomic E-state index is 9.93. The highest BCUT2D eigenvalue weighted by Gasteiger charge is 2.43. The summed E-state index contributed by atoms with van der Waals surface area (Å²) in [6.07, 6.45) is -10.9. The molecule has 1 saturated carbocycles. The smallest absolute Gasteiger partial charge is 0.111 e. The Bertz CT molecular complexity index is 329. The zero-order valence-corrected chi connectivity index (χ0v) is 12.0. The Hall–Kier alpha value is -0.360. The highest BCUT2D eigenvalue weighted by molar-refractivity contribution is 4.93. The summed E-state index contributed by atoms with van der Waals surface area (Å²) in [7, 11) is 0. The third-order valence-electron chi connectivity index (χ3n) is 4.41. The average molecular weight is 326 g/mol. The van der Waals surface area contributed by atoms with E-state index >= 15 is 0 Å². The Morgan fingerprint density at radius 2 is 1.36 bits per heavy atom. The van der Waals surface area contributed by atoms with E-state index in [0.717, 1.165) is 0 Å². The predicted octanol–water partition coefficient (Wildman–Crippen LogP) is -4.48. The Morgan fingerprint density at radius 3 is 1.86 bits per heavy atom. The maximum absolute atomic E-state index is 9.93. The van der Waals surface area contributed by atoms with Gasteiger partial charge in [0.25, 0.3) is 0 Å². The van der Waals surface area contributed by atoms with E-state index in [2.05, 4.69) is 0 Å². The van der Waals surface area contributed by atoms with E-state index in [1.54, 1.807) is 0 Å². The Morgan fingerprint density at radius 1 is 0.818 bits per heavy atom. The van der Waals surface area contributed by atoms with E-state index in [1.807, 2.05) is 0 Å². The second kappa shape index (κ2) is 8.48. The van der Waals surface area contributed by atoms with E-state index in [0.29, 0.717) is 0 Å². The first-order valence-electron chi connectivity index (χ1n) is 7.22. The average Bonchev–Trinajstić information content (AvgIpc) is 2.77. The van der Waals surface area contributed by atoms with Gasteiger partial charge in [0.15, 0.2) is 0 Å². The number of hydrogen-bond donors (Lipinski definition) is 9. The van der Waals surface area contributed by atoms with E-state index in [4.69, 9.17) is 5.11 Å². The van der Waals surface area contributed by atoms with Crippen molar-refractivity contribution in [3.05, 3.63) is 0 Å². The summed E-state index contributed by atoms with van der Waals surface area (Å²) in [6, 6.07) is 0. The largest absolute Gasteiger partial charge is 0.396 e. The van der Waals surface area contributed by atoms with Gasteiger partial charge in [0.1, 0.15) is 24.4 Å². The summed E-state index contributed by atoms with van der Waals surface area (Å²) in [5.41, 5.74) is 0. The van der Waals surface area contributed by atoms with Crippen LogP contribution in [-0.2, 0) is 0 Å². The van der Waals surface area contributed by atoms with Crippen molar-refractivity contribution < 1.29 is 46.0 Å². The normalized spacial score (nSPS) is 35.9. The molecule has 0 radical (unpaired) electrons. The van der Waals surface area contributed by atoms with Crippen molar-refractivity contribution in [2.75, 3.05) is 13.2 Å². The molecule has 22 heavy (non-hydrogen) atoms. The van der Waals surface area contributed by atoms with E-state index in [-0.39, 0.29) is 12.8 Å². The van der Waals surface area contributed by atoms with E-state index in [9.17, 15) is 40.9 Å². The van der Waals surface area contributed by atoms with Gasteiger partial charge < -0.3 is 46.0 Å². The van der Waals surface area contributed by atoms with E-state index < -0.39 is 67.8 Å². The molecule has 9 heteroatoms. The van der Waals surface area contributed by atoms with Crippen LogP contribution in [0.3, 0.4) is 0 Å². The van der Waals surface area contributed by atoms with Crippen LogP contribution >= 0.6 is 0 Å². The second-order valence-electron chi connectivity index (χ2n) is 5.92. The summed E-state index contributed by atoms with van der Waals surface area (Å²) < 4.78 is 0. The molecule has 9 atom stereocenters. The molecule has 1 fully saturated rings. The van der Waals surface area contributed by atoms with Crippen molar-refractivity contribution in [1.29, 1.82) is 0 Å². The first-order chi connectivity index (χ1) is 10.2. The van der Waals surface area contributed by atoms with Gasteiger partial charge >= 0.3 is 0 Å². The number of hydrogen-bond acceptors (Lipinski definition) is 9. The predicted molar refractivity (Wildman–Crippen MR) is 72.4 cm³/mol. The molecule has 4 unspecified atom stereocenters. The third-order valence-corrected chi connectivity index (χ3v) is 4.41. The second-order valence-corrected chi connectivity index (χ2v) is 5.92. The summed E-state index contributed by atoms with van der Waals surface area (Å²) in [5.74, 6) is -1.14. The van der Waals surface area contributed by atoms with Gasteiger partial charge in [0.05, 0.1) is 24.9 Å². The SMILES string of the molecule is OCC(O)C(O)[C@@H](O)C(O)[C@H](O)CC1C[C@@H](O)[C@H](O)[C@H]1CO. The fraction of sp³-hybridized carbons (Fsp3) is 1.00. The third kappa shape index (κ3) is 4.34. The van der Waals surface area contributed by atoms with Crippen LogP contribution in [0.25, 0.3) is 0 Å². The molecule has 1 aliphatic carbocycles. The highest BCUT2D eigenvalue weighted by Crippen LogP contribution is 2.36. The number of rotatable bonds is 8. The molecule has 0 spiro atoms. The first kappa shape index (κ1) is 19.7. The lowest BCUT2D eigenvalue weighted by molar-refractivity contribution is -0.143. The molecule has 1 aliphatic rings. The van der Waals surface area contributed by atoms with Gasteiger partial charge in [-0.1, -0.05) is 0 Å². The molecule has 9 nitrogen and oxygen atoms in total. The van der Waals surface area contributed by atoms with Crippen LogP contribution in [0, 0.1) is 11.8 Å². The molecule has 9 N–H and O–H groups in total. The van der Waals surface area contributed by atoms with E-state index in [1.165, 1.54) is 0 Å². The minimum absolute atomic E-state index is 0.119. The van der Waals surface area contributed by atoms with Crippen molar-refractivity contribution >= 4 is 0 Å². The zero-order chi connectivity index (χ0) is 17.0. The molecule has 1 rings (SSSR count). The molecule has 0 heterocycles. The molecular weight excluding hydrogens is 300 g/mol. The van der Waals surface area contributed by atoms with Gasteiger partial charge in [-0.2, -0.15) is 0 Å². The summed E-state index contributed by atoms with van der Waals surface area (Å²) in [5, 5.41) is 85.3.